The summed E-state index contributed by atoms with van der Waals surface area (Å²) in [4.78, 5) is 13.4. The van der Waals surface area contributed by atoms with Gasteiger partial charge in [-0.25, -0.2) is 0 Å². The van der Waals surface area contributed by atoms with Crippen LogP contribution >= 0.6 is 23.4 Å². The molecule has 0 fully saturated rings. The SMILES string of the molecule is Cc1ccc(SC(C)C(=O)Nc2cc(Cl)ccc2C)cc1. The van der Waals surface area contributed by atoms with Crippen LogP contribution in [-0.2, 0) is 4.79 Å². The molecule has 0 aromatic heterocycles. The van der Waals surface area contributed by atoms with Crippen molar-refractivity contribution in [1.29, 1.82) is 0 Å². The molecule has 0 aliphatic carbocycles. The van der Waals surface area contributed by atoms with Gasteiger partial charge < -0.3 is 5.32 Å². The zero-order valence-corrected chi connectivity index (χ0v) is 13.9. The Hall–Kier alpha value is -1.45. The largest absolute Gasteiger partial charge is 0.325 e. The molecule has 21 heavy (non-hydrogen) atoms. The van der Waals surface area contributed by atoms with E-state index in [4.69, 9.17) is 11.6 Å². The monoisotopic (exact) mass is 319 g/mol. The van der Waals surface area contributed by atoms with Gasteiger partial charge in [-0.05, 0) is 50.6 Å². The molecular weight excluding hydrogens is 302 g/mol. The van der Waals surface area contributed by atoms with Crippen LogP contribution in [0.25, 0.3) is 0 Å². The molecule has 0 aliphatic rings. The fourth-order valence-corrected chi connectivity index (χ4v) is 2.88. The Morgan fingerprint density at radius 1 is 1.14 bits per heavy atom. The lowest BCUT2D eigenvalue weighted by Crippen LogP contribution is -2.22. The van der Waals surface area contributed by atoms with Gasteiger partial charge in [-0.1, -0.05) is 35.4 Å². The lowest BCUT2D eigenvalue weighted by Gasteiger charge is -2.14. The zero-order valence-electron chi connectivity index (χ0n) is 12.3. The Morgan fingerprint density at radius 3 is 2.48 bits per heavy atom. The number of halogens is 1. The first kappa shape index (κ1) is 15.9. The van der Waals surface area contributed by atoms with Gasteiger partial charge in [-0.3, -0.25) is 4.79 Å². The van der Waals surface area contributed by atoms with Crippen molar-refractivity contribution in [3.05, 3.63) is 58.6 Å². The van der Waals surface area contributed by atoms with E-state index in [0.717, 1.165) is 16.1 Å². The number of thioether (sulfide) groups is 1. The summed E-state index contributed by atoms with van der Waals surface area (Å²) in [5.41, 5.74) is 2.98. The summed E-state index contributed by atoms with van der Waals surface area (Å²) in [5.74, 6) is -0.0223. The molecule has 4 heteroatoms. The van der Waals surface area contributed by atoms with Crippen molar-refractivity contribution in [3.8, 4) is 0 Å². The highest BCUT2D eigenvalue weighted by Crippen LogP contribution is 2.26. The maximum absolute atomic E-state index is 12.3. The number of hydrogen-bond donors (Lipinski definition) is 1. The molecule has 0 bridgehead atoms. The summed E-state index contributed by atoms with van der Waals surface area (Å²) >= 11 is 7.51. The number of hydrogen-bond acceptors (Lipinski definition) is 2. The number of benzene rings is 2. The third kappa shape index (κ3) is 4.51. The first-order valence-corrected chi connectivity index (χ1v) is 8.02. The Bertz CT molecular complexity index is 640. The molecule has 0 aliphatic heterocycles. The first-order chi connectivity index (χ1) is 9.95. The van der Waals surface area contributed by atoms with Gasteiger partial charge >= 0.3 is 0 Å². The van der Waals surface area contributed by atoms with Crippen LogP contribution in [0.5, 0.6) is 0 Å². The molecule has 2 nitrogen and oxygen atoms in total. The van der Waals surface area contributed by atoms with E-state index in [1.807, 2.05) is 57.2 Å². The smallest absolute Gasteiger partial charge is 0.237 e. The number of carbonyl (C=O) groups excluding carboxylic acids is 1. The van der Waals surface area contributed by atoms with Gasteiger partial charge in [0.1, 0.15) is 0 Å². The molecule has 1 amide bonds. The fraction of sp³-hybridized carbons (Fsp3) is 0.235. The predicted molar refractivity (Wildman–Crippen MR) is 91.3 cm³/mol. The molecule has 110 valence electrons. The number of amides is 1. The van der Waals surface area contributed by atoms with E-state index in [2.05, 4.69) is 5.32 Å². The van der Waals surface area contributed by atoms with Crippen LogP contribution in [0, 0.1) is 13.8 Å². The molecule has 1 N–H and O–H groups in total. The molecule has 0 radical (unpaired) electrons. The van der Waals surface area contributed by atoms with Crippen molar-refractivity contribution >= 4 is 35.0 Å². The van der Waals surface area contributed by atoms with Crippen LogP contribution in [-0.4, -0.2) is 11.2 Å². The molecular formula is C17H18ClNOS. The third-order valence-electron chi connectivity index (χ3n) is 3.16. The van der Waals surface area contributed by atoms with Crippen LogP contribution in [0.15, 0.2) is 47.4 Å². The topological polar surface area (TPSA) is 29.1 Å². The van der Waals surface area contributed by atoms with Crippen molar-refractivity contribution in [2.24, 2.45) is 0 Å². The molecule has 2 aromatic rings. The van der Waals surface area contributed by atoms with E-state index >= 15 is 0 Å². The second-order valence-electron chi connectivity index (χ2n) is 5.02. The molecule has 0 saturated heterocycles. The minimum atomic E-state index is -0.175. The Balaban J connectivity index is 2.02. The molecule has 0 heterocycles. The average molecular weight is 320 g/mol. The van der Waals surface area contributed by atoms with Crippen LogP contribution in [0.4, 0.5) is 5.69 Å². The molecule has 1 atom stereocenters. The van der Waals surface area contributed by atoms with Gasteiger partial charge in [0, 0.05) is 15.6 Å². The van der Waals surface area contributed by atoms with Gasteiger partial charge in [0.15, 0.2) is 0 Å². The summed E-state index contributed by atoms with van der Waals surface area (Å²) < 4.78 is 0. The van der Waals surface area contributed by atoms with E-state index in [0.29, 0.717) is 5.02 Å². The number of rotatable bonds is 4. The highest BCUT2D eigenvalue weighted by Gasteiger charge is 2.15. The van der Waals surface area contributed by atoms with Crippen molar-refractivity contribution in [1.82, 2.24) is 0 Å². The highest BCUT2D eigenvalue weighted by atomic mass is 35.5. The van der Waals surface area contributed by atoms with E-state index in [1.165, 1.54) is 5.56 Å². The second kappa shape index (κ2) is 7.01. The Kier molecular flexibility index (Phi) is 5.32. The fourth-order valence-electron chi connectivity index (χ4n) is 1.84. The molecule has 0 saturated carbocycles. The molecule has 0 spiro atoms. The highest BCUT2D eigenvalue weighted by molar-refractivity contribution is 8.00. The zero-order chi connectivity index (χ0) is 15.4. The lowest BCUT2D eigenvalue weighted by atomic mass is 10.2. The number of nitrogens with one attached hydrogen (secondary N) is 1. The van der Waals surface area contributed by atoms with Crippen molar-refractivity contribution < 1.29 is 4.79 Å². The van der Waals surface area contributed by atoms with Crippen molar-refractivity contribution in [2.45, 2.75) is 30.9 Å². The molecule has 2 rings (SSSR count). The van der Waals surface area contributed by atoms with Crippen molar-refractivity contribution in [3.63, 3.8) is 0 Å². The summed E-state index contributed by atoms with van der Waals surface area (Å²) in [7, 11) is 0. The maximum atomic E-state index is 12.3. The van der Waals surface area contributed by atoms with Gasteiger partial charge in [0.2, 0.25) is 5.91 Å². The summed E-state index contributed by atoms with van der Waals surface area (Å²) in [5, 5.41) is 3.38. The van der Waals surface area contributed by atoms with Crippen LogP contribution in [0.1, 0.15) is 18.1 Å². The van der Waals surface area contributed by atoms with Gasteiger partial charge in [-0.15, -0.1) is 11.8 Å². The predicted octanol–water partition coefficient (Wildman–Crippen LogP) is 5.08. The summed E-state index contributed by atoms with van der Waals surface area (Å²) in [6.07, 6.45) is 0. The summed E-state index contributed by atoms with van der Waals surface area (Å²) in [6, 6.07) is 13.7. The average Bonchev–Trinajstić information content (AvgIpc) is 2.45. The van der Waals surface area contributed by atoms with Gasteiger partial charge in [0.05, 0.1) is 5.25 Å². The Morgan fingerprint density at radius 2 is 1.81 bits per heavy atom. The molecule has 2 aromatic carbocycles. The van der Waals surface area contributed by atoms with E-state index in [-0.39, 0.29) is 11.2 Å². The summed E-state index contributed by atoms with van der Waals surface area (Å²) in [6.45, 7) is 5.90. The second-order valence-corrected chi connectivity index (χ2v) is 6.87. The third-order valence-corrected chi connectivity index (χ3v) is 4.51. The Labute approximate surface area is 134 Å². The van der Waals surface area contributed by atoms with Crippen LogP contribution in [0.2, 0.25) is 5.02 Å². The van der Waals surface area contributed by atoms with E-state index < -0.39 is 0 Å². The van der Waals surface area contributed by atoms with E-state index in [1.54, 1.807) is 17.8 Å². The van der Waals surface area contributed by atoms with Crippen LogP contribution in [0.3, 0.4) is 0 Å². The number of carbonyl (C=O) groups is 1. The van der Waals surface area contributed by atoms with Gasteiger partial charge in [0.25, 0.3) is 0 Å². The lowest BCUT2D eigenvalue weighted by molar-refractivity contribution is -0.115. The minimum absolute atomic E-state index is 0.0223. The molecule has 1 unspecified atom stereocenters. The normalized spacial score (nSPS) is 12.0. The standard InChI is InChI=1S/C17H18ClNOS/c1-11-4-8-15(9-5-11)21-13(3)17(20)19-16-10-14(18)7-6-12(16)2/h4-10,13H,1-3H3,(H,19,20). The quantitative estimate of drug-likeness (QED) is 0.796. The van der Waals surface area contributed by atoms with Gasteiger partial charge in [-0.2, -0.15) is 0 Å². The van der Waals surface area contributed by atoms with E-state index in [9.17, 15) is 4.79 Å². The maximum Gasteiger partial charge on any atom is 0.237 e. The van der Waals surface area contributed by atoms with Crippen LogP contribution < -0.4 is 5.32 Å². The van der Waals surface area contributed by atoms with Crippen molar-refractivity contribution in [2.75, 3.05) is 5.32 Å². The number of anilines is 1. The minimum Gasteiger partial charge on any atom is -0.325 e. The number of aryl methyl sites for hydroxylation is 2. The first-order valence-electron chi connectivity index (χ1n) is 6.76.